The van der Waals surface area contributed by atoms with E-state index < -0.39 is 12.1 Å². The Hall–Kier alpha value is -3.83. The van der Waals surface area contributed by atoms with Gasteiger partial charge in [0.05, 0.1) is 16.7 Å². The molecule has 12 heteroatoms. The van der Waals surface area contributed by atoms with Gasteiger partial charge in [-0.2, -0.15) is 5.10 Å². The second kappa shape index (κ2) is 12.8. The number of rotatable bonds is 12. The summed E-state index contributed by atoms with van der Waals surface area (Å²) in [6.07, 6.45) is 1.52. The van der Waals surface area contributed by atoms with Crippen molar-refractivity contribution in [1.82, 2.24) is 25.8 Å². The van der Waals surface area contributed by atoms with E-state index in [-0.39, 0.29) is 17.4 Å². The normalized spacial score (nSPS) is 11.5. The zero-order valence-electron chi connectivity index (χ0n) is 21.2. The lowest BCUT2D eigenvalue weighted by atomic mass is 9.98. The van der Waals surface area contributed by atoms with Gasteiger partial charge in [0.25, 0.3) is 0 Å². The first-order valence-corrected chi connectivity index (χ1v) is 12.7. The number of ether oxygens (including phenoxy) is 1. The third-order valence-corrected chi connectivity index (χ3v) is 6.35. The summed E-state index contributed by atoms with van der Waals surface area (Å²) < 4.78 is 40.9. The van der Waals surface area contributed by atoms with Crippen LogP contribution in [0, 0.1) is 6.92 Å². The van der Waals surface area contributed by atoms with E-state index in [9.17, 15) is 18.0 Å². The number of halogens is 4. The van der Waals surface area contributed by atoms with E-state index >= 15 is 0 Å². The van der Waals surface area contributed by atoms with Crippen LogP contribution in [0.5, 0.6) is 5.75 Å². The fraction of sp³-hybridized carbons (Fsp3) is 0.296. The van der Waals surface area contributed by atoms with Gasteiger partial charge >= 0.3 is 6.36 Å². The van der Waals surface area contributed by atoms with Crippen molar-refractivity contribution in [2.75, 3.05) is 25.0 Å². The van der Waals surface area contributed by atoms with E-state index in [0.29, 0.717) is 31.7 Å². The zero-order valence-corrected chi connectivity index (χ0v) is 21.9. The lowest BCUT2D eigenvalue weighted by Gasteiger charge is -2.14. The molecule has 0 aliphatic carbocycles. The van der Waals surface area contributed by atoms with Crippen LogP contribution in [0.1, 0.15) is 24.0 Å². The lowest BCUT2D eigenvalue weighted by molar-refractivity contribution is -0.274. The fourth-order valence-corrected chi connectivity index (χ4v) is 4.38. The highest BCUT2D eigenvalue weighted by molar-refractivity contribution is 6.32. The molecular weight excluding hydrogens is 533 g/mol. The van der Waals surface area contributed by atoms with Gasteiger partial charge in [0, 0.05) is 56.1 Å². The third-order valence-electron chi connectivity index (χ3n) is 6.06. The number of hydrogen-bond donors (Lipinski definition) is 4. The number of amides is 1. The summed E-state index contributed by atoms with van der Waals surface area (Å²) >= 11 is 5.86. The number of pyridine rings is 1. The van der Waals surface area contributed by atoms with E-state index in [1.807, 2.05) is 12.1 Å². The minimum absolute atomic E-state index is 0.0954. The zero-order chi connectivity index (χ0) is 27.8. The number of hydrogen-bond acceptors (Lipinski definition) is 6. The minimum Gasteiger partial charge on any atom is -0.404 e. The van der Waals surface area contributed by atoms with Crippen LogP contribution in [0.4, 0.5) is 18.9 Å². The van der Waals surface area contributed by atoms with Crippen LogP contribution in [-0.4, -0.2) is 47.1 Å². The quantitative estimate of drug-likeness (QED) is 0.169. The van der Waals surface area contributed by atoms with Gasteiger partial charge in [-0.05, 0) is 65.9 Å². The van der Waals surface area contributed by atoms with Crippen molar-refractivity contribution in [3.63, 3.8) is 0 Å². The topological polar surface area (TPSA) is 104 Å². The Labute approximate surface area is 228 Å². The Morgan fingerprint density at radius 2 is 1.90 bits per heavy atom. The summed E-state index contributed by atoms with van der Waals surface area (Å²) in [5.74, 6) is -0.547. The van der Waals surface area contributed by atoms with Gasteiger partial charge in [0.2, 0.25) is 5.91 Å². The van der Waals surface area contributed by atoms with Crippen molar-refractivity contribution in [3.8, 4) is 16.9 Å². The second-order valence-corrected chi connectivity index (χ2v) is 9.27. The van der Waals surface area contributed by atoms with Gasteiger partial charge in [0.1, 0.15) is 5.75 Å². The van der Waals surface area contributed by atoms with Crippen molar-refractivity contribution in [1.29, 1.82) is 0 Å². The Morgan fingerprint density at radius 3 is 2.64 bits per heavy atom. The summed E-state index contributed by atoms with van der Waals surface area (Å²) in [6, 6.07) is 10.1. The number of aromatic amines is 1. The molecule has 1 amide bonds. The molecule has 8 nitrogen and oxygen atoms in total. The lowest BCUT2D eigenvalue weighted by Crippen LogP contribution is -2.29. The molecule has 4 aromatic rings. The number of aryl methyl sites for hydroxylation is 1. The molecule has 0 unspecified atom stereocenters. The van der Waals surface area contributed by atoms with E-state index in [2.05, 4.69) is 48.9 Å². The number of fused-ring (bicyclic) bond motifs is 1. The Morgan fingerprint density at radius 1 is 1.10 bits per heavy atom. The van der Waals surface area contributed by atoms with Gasteiger partial charge in [-0.3, -0.25) is 14.9 Å². The van der Waals surface area contributed by atoms with E-state index in [1.165, 1.54) is 18.2 Å². The third kappa shape index (κ3) is 7.84. The van der Waals surface area contributed by atoms with Crippen molar-refractivity contribution >= 4 is 34.1 Å². The number of H-pyrrole nitrogens is 1. The molecule has 0 aliphatic heterocycles. The molecule has 0 atom stereocenters. The van der Waals surface area contributed by atoms with Crippen molar-refractivity contribution in [2.24, 2.45) is 0 Å². The highest BCUT2D eigenvalue weighted by Gasteiger charge is 2.32. The number of aromatic nitrogens is 3. The molecule has 4 rings (SSSR count). The molecule has 0 saturated carbocycles. The summed E-state index contributed by atoms with van der Waals surface area (Å²) in [6.45, 7) is 3.99. The molecule has 0 bridgehead atoms. The molecule has 0 radical (unpaired) electrons. The number of carbonyl (C=O) groups is 1. The van der Waals surface area contributed by atoms with Crippen molar-refractivity contribution in [3.05, 3.63) is 71.1 Å². The van der Waals surface area contributed by atoms with Crippen LogP contribution >= 0.6 is 11.6 Å². The molecule has 2 heterocycles. The van der Waals surface area contributed by atoms with E-state index in [4.69, 9.17) is 11.6 Å². The number of alkyl halides is 3. The molecule has 2 aromatic heterocycles. The van der Waals surface area contributed by atoms with Crippen LogP contribution in [0.2, 0.25) is 5.02 Å². The minimum atomic E-state index is -4.80. The first-order valence-electron chi connectivity index (χ1n) is 12.3. The number of carbonyl (C=O) groups excluding carboxylic acids is 1. The molecule has 0 saturated heterocycles. The average Bonchev–Trinajstić information content (AvgIpc) is 3.40. The molecule has 39 heavy (non-hydrogen) atoms. The van der Waals surface area contributed by atoms with Crippen LogP contribution in [0.25, 0.3) is 22.0 Å². The smallest absolute Gasteiger partial charge is 0.404 e. The highest BCUT2D eigenvalue weighted by Crippen LogP contribution is 2.34. The fourth-order valence-electron chi connectivity index (χ4n) is 4.14. The maximum absolute atomic E-state index is 12.3. The summed E-state index contributed by atoms with van der Waals surface area (Å²) in [5.41, 5.74) is 5.88. The number of nitrogens with zero attached hydrogens (tertiary/aromatic N) is 2. The highest BCUT2D eigenvalue weighted by atomic mass is 35.5. The first kappa shape index (κ1) is 28.2. The molecule has 4 N–H and O–H groups in total. The second-order valence-electron chi connectivity index (χ2n) is 8.86. The predicted molar refractivity (Wildman–Crippen MR) is 145 cm³/mol. The largest absolute Gasteiger partial charge is 0.573 e. The first-order chi connectivity index (χ1) is 18.7. The maximum Gasteiger partial charge on any atom is 0.573 e. The molecule has 0 spiro atoms. The van der Waals surface area contributed by atoms with Crippen LogP contribution in [0.3, 0.4) is 0 Å². The van der Waals surface area contributed by atoms with Gasteiger partial charge in [0.15, 0.2) is 0 Å². The maximum atomic E-state index is 12.3. The van der Waals surface area contributed by atoms with Crippen molar-refractivity contribution < 1.29 is 22.7 Å². The monoisotopic (exact) mass is 560 g/mol. The predicted octanol–water partition coefficient (Wildman–Crippen LogP) is 5.58. The van der Waals surface area contributed by atoms with Gasteiger partial charge in [-0.25, -0.2) is 0 Å². The molecule has 206 valence electrons. The standard InChI is InChI=1S/C27H28ClF3N6O2/c1-17-20(19-5-10-32-11-6-19)14-23(21-16-36-37-26(17)21)34-8-2-9-35-25(38)7-12-33-15-18-3-4-24(22(28)13-18)39-27(29,30)31/h3-6,10-11,13-14,16,33-34H,2,7-9,12,15H2,1H3,(H,35,38)(H,36,37). The SMILES string of the molecule is Cc1c(-c2ccncc2)cc(NCCCNC(=O)CCNCc2ccc(OC(F)(F)F)c(Cl)c2)c2cn[nH]c12. The van der Waals surface area contributed by atoms with Gasteiger partial charge < -0.3 is 20.7 Å². The van der Waals surface area contributed by atoms with Gasteiger partial charge in [-0.1, -0.05) is 17.7 Å². The molecule has 0 fully saturated rings. The average molecular weight is 561 g/mol. The van der Waals surface area contributed by atoms with Crippen LogP contribution in [0.15, 0.2) is 55.0 Å². The number of benzene rings is 2. The van der Waals surface area contributed by atoms with Crippen LogP contribution < -0.4 is 20.7 Å². The summed E-state index contributed by atoms with van der Waals surface area (Å²) in [5, 5.41) is 17.6. The number of anilines is 1. The molecule has 2 aromatic carbocycles. The van der Waals surface area contributed by atoms with E-state index in [1.54, 1.807) is 18.6 Å². The van der Waals surface area contributed by atoms with Crippen LogP contribution in [-0.2, 0) is 11.3 Å². The summed E-state index contributed by atoms with van der Waals surface area (Å²) in [4.78, 5) is 16.3. The van der Waals surface area contributed by atoms with Crippen molar-refractivity contribution in [2.45, 2.75) is 32.7 Å². The molecular formula is C27H28ClF3N6O2. The Balaban J connectivity index is 1.18. The Bertz CT molecular complexity index is 1410. The summed E-state index contributed by atoms with van der Waals surface area (Å²) in [7, 11) is 0. The van der Waals surface area contributed by atoms with Gasteiger partial charge in [-0.15, -0.1) is 13.2 Å². The van der Waals surface area contributed by atoms with E-state index in [0.717, 1.165) is 39.7 Å². The number of nitrogens with one attached hydrogen (secondary N) is 4. The molecule has 0 aliphatic rings. The Kier molecular flexibility index (Phi) is 9.26.